The Morgan fingerprint density at radius 2 is 2.10 bits per heavy atom. The van der Waals surface area contributed by atoms with Crippen LogP contribution in [0.3, 0.4) is 0 Å². The molecule has 0 aromatic rings. The Hall–Kier alpha value is -0.310. The Balaban J connectivity index is 1.99. The number of sulfone groups is 1. The summed E-state index contributed by atoms with van der Waals surface area (Å²) < 4.78 is 24.4. The zero-order valence-corrected chi connectivity index (χ0v) is 14.2. The Bertz CT molecular complexity index is 448. The molecule has 8 heteroatoms. The standard InChI is InChI=1S/C13H25N3O3S2/c1-2-21(18,19)13-11-20-9-8-16(13)10-12(17)15-6-3-4-14-5-7-15/h13-14H,2-11H2,1H3. The summed E-state index contributed by atoms with van der Waals surface area (Å²) in [6.45, 7) is 5.81. The van der Waals surface area contributed by atoms with Gasteiger partial charge in [-0.05, 0) is 13.0 Å². The molecule has 2 saturated heterocycles. The van der Waals surface area contributed by atoms with Crippen LogP contribution in [0.15, 0.2) is 0 Å². The third-order valence-corrected chi connectivity index (χ3v) is 7.37. The van der Waals surface area contributed by atoms with E-state index >= 15 is 0 Å². The van der Waals surface area contributed by atoms with E-state index in [1.807, 2.05) is 9.80 Å². The van der Waals surface area contributed by atoms with Crippen molar-refractivity contribution in [2.24, 2.45) is 0 Å². The Morgan fingerprint density at radius 3 is 2.86 bits per heavy atom. The molecule has 6 nitrogen and oxygen atoms in total. The first-order valence-corrected chi connectivity index (χ1v) is 10.4. The average Bonchev–Trinajstić information content (AvgIpc) is 2.77. The predicted octanol–water partition coefficient (Wildman–Crippen LogP) is -0.382. The third-order valence-electron chi connectivity index (χ3n) is 4.04. The first-order chi connectivity index (χ1) is 10.0. The zero-order chi connectivity index (χ0) is 15.3. The fourth-order valence-corrected chi connectivity index (χ4v) is 5.77. The van der Waals surface area contributed by atoms with Gasteiger partial charge in [0.15, 0.2) is 9.84 Å². The van der Waals surface area contributed by atoms with Gasteiger partial charge in [-0.15, -0.1) is 0 Å². The number of carbonyl (C=O) groups is 1. The van der Waals surface area contributed by atoms with Gasteiger partial charge in [-0.2, -0.15) is 11.8 Å². The second-order valence-electron chi connectivity index (χ2n) is 5.44. The van der Waals surface area contributed by atoms with Gasteiger partial charge in [0.1, 0.15) is 5.37 Å². The van der Waals surface area contributed by atoms with Gasteiger partial charge in [0.25, 0.3) is 0 Å². The molecule has 0 bridgehead atoms. The number of hydrogen-bond acceptors (Lipinski definition) is 6. The fraction of sp³-hybridized carbons (Fsp3) is 0.923. The number of amides is 1. The first kappa shape index (κ1) is 17.1. The van der Waals surface area contributed by atoms with Gasteiger partial charge in [-0.3, -0.25) is 9.69 Å². The van der Waals surface area contributed by atoms with Crippen molar-refractivity contribution in [3.05, 3.63) is 0 Å². The SMILES string of the molecule is CCS(=O)(=O)C1CSCCN1CC(=O)N1CCCNCC1. The Morgan fingerprint density at radius 1 is 1.29 bits per heavy atom. The summed E-state index contributed by atoms with van der Waals surface area (Å²) in [4.78, 5) is 16.2. The lowest BCUT2D eigenvalue weighted by Gasteiger charge is -2.35. The average molecular weight is 335 g/mol. The Kier molecular flexibility index (Phi) is 6.34. The van der Waals surface area contributed by atoms with E-state index in [9.17, 15) is 13.2 Å². The molecule has 122 valence electrons. The van der Waals surface area contributed by atoms with Gasteiger partial charge in [0, 0.05) is 43.4 Å². The summed E-state index contributed by atoms with van der Waals surface area (Å²) in [6.07, 6.45) is 0.957. The molecule has 0 aliphatic carbocycles. The molecular weight excluding hydrogens is 310 g/mol. The fourth-order valence-electron chi connectivity index (χ4n) is 2.69. The van der Waals surface area contributed by atoms with Crippen LogP contribution in [-0.2, 0) is 14.6 Å². The number of hydrogen-bond donors (Lipinski definition) is 1. The molecule has 0 aromatic carbocycles. The van der Waals surface area contributed by atoms with E-state index in [2.05, 4.69) is 5.32 Å². The summed E-state index contributed by atoms with van der Waals surface area (Å²) in [5.41, 5.74) is 0. The molecular formula is C13H25N3O3S2. The van der Waals surface area contributed by atoms with Crippen molar-refractivity contribution in [2.75, 3.05) is 56.5 Å². The summed E-state index contributed by atoms with van der Waals surface area (Å²) in [5, 5.41) is 2.77. The normalized spacial score (nSPS) is 25.6. The minimum absolute atomic E-state index is 0.0573. The van der Waals surface area contributed by atoms with E-state index in [-0.39, 0.29) is 18.2 Å². The van der Waals surface area contributed by atoms with Crippen molar-refractivity contribution in [1.29, 1.82) is 0 Å². The molecule has 1 amide bonds. The molecule has 2 fully saturated rings. The van der Waals surface area contributed by atoms with Crippen LogP contribution >= 0.6 is 11.8 Å². The van der Waals surface area contributed by atoms with E-state index in [4.69, 9.17) is 0 Å². The molecule has 2 aliphatic heterocycles. The molecule has 1 unspecified atom stereocenters. The van der Waals surface area contributed by atoms with Gasteiger partial charge in [-0.25, -0.2) is 8.42 Å². The van der Waals surface area contributed by atoms with Crippen molar-refractivity contribution >= 4 is 27.5 Å². The van der Waals surface area contributed by atoms with Crippen LogP contribution in [0.4, 0.5) is 0 Å². The monoisotopic (exact) mass is 335 g/mol. The number of nitrogens with one attached hydrogen (secondary N) is 1. The van der Waals surface area contributed by atoms with E-state index in [1.54, 1.807) is 18.7 Å². The second-order valence-corrected chi connectivity index (χ2v) is 9.03. The minimum Gasteiger partial charge on any atom is -0.340 e. The third kappa shape index (κ3) is 4.58. The molecule has 21 heavy (non-hydrogen) atoms. The Labute approximate surface area is 131 Å². The molecule has 1 atom stereocenters. The van der Waals surface area contributed by atoms with Crippen LogP contribution in [0.1, 0.15) is 13.3 Å². The number of nitrogens with zero attached hydrogens (tertiary/aromatic N) is 2. The molecule has 0 spiro atoms. The van der Waals surface area contributed by atoms with E-state index in [0.717, 1.165) is 31.8 Å². The maximum Gasteiger partial charge on any atom is 0.236 e. The van der Waals surface area contributed by atoms with Crippen molar-refractivity contribution in [3.63, 3.8) is 0 Å². The molecule has 2 heterocycles. The van der Waals surface area contributed by atoms with Crippen LogP contribution in [-0.4, -0.2) is 86.0 Å². The van der Waals surface area contributed by atoms with E-state index in [0.29, 0.717) is 18.8 Å². The van der Waals surface area contributed by atoms with Crippen LogP contribution in [0, 0.1) is 0 Å². The largest absolute Gasteiger partial charge is 0.340 e. The highest BCUT2D eigenvalue weighted by molar-refractivity contribution is 8.01. The van der Waals surface area contributed by atoms with Gasteiger partial charge in [-0.1, -0.05) is 6.92 Å². The molecule has 0 saturated carbocycles. The first-order valence-electron chi connectivity index (χ1n) is 7.56. The second kappa shape index (κ2) is 7.80. The molecule has 2 rings (SSSR count). The zero-order valence-electron chi connectivity index (χ0n) is 12.6. The van der Waals surface area contributed by atoms with Gasteiger partial charge < -0.3 is 10.2 Å². The lowest BCUT2D eigenvalue weighted by molar-refractivity contribution is -0.132. The van der Waals surface area contributed by atoms with Gasteiger partial charge >= 0.3 is 0 Å². The number of carbonyl (C=O) groups excluding carboxylic acids is 1. The quantitative estimate of drug-likeness (QED) is 0.755. The van der Waals surface area contributed by atoms with Crippen LogP contribution in [0.2, 0.25) is 0 Å². The van der Waals surface area contributed by atoms with Crippen molar-refractivity contribution in [1.82, 2.24) is 15.1 Å². The van der Waals surface area contributed by atoms with Crippen molar-refractivity contribution in [2.45, 2.75) is 18.7 Å². The van der Waals surface area contributed by atoms with Crippen molar-refractivity contribution in [3.8, 4) is 0 Å². The predicted molar refractivity (Wildman–Crippen MR) is 86.2 cm³/mol. The molecule has 0 radical (unpaired) electrons. The summed E-state index contributed by atoms with van der Waals surface area (Å²) in [7, 11) is -3.13. The number of thioether (sulfide) groups is 1. The van der Waals surface area contributed by atoms with Crippen LogP contribution in [0.25, 0.3) is 0 Å². The van der Waals surface area contributed by atoms with Gasteiger partial charge in [0.2, 0.25) is 5.91 Å². The minimum atomic E-state index is -3.13. The highest BCUT2D eigenvalue weighted by Crippen LogP contribution is 2.21. The van der Waals surface area contributed by atoms with Crippen LogP contribution < -0.4 is 5.32 Å². The van der Waals surface area contributed by atoms with Crippen LogP contribution in [0.5, 0.6) is 0 Å². The molecule has 1 N–H and O–H groups in total. The smallest absolute Gasteiger partial charge is 0.236 e. The summed E-state index contributed by atoms with van der Waals surface area (Å²) in [6, 6.07) is 0. The number of rotatable bonds is 4. The highest BCUT2D eigenvalue weighted by atomic mass is 32.2. The molecule has 0 aromatic heterocycles. The summed E-state index contributed by atoms with van der Waals surface area (Å²) >= 11 is 1.66. The van der Waals surface area contributed by atoms with E-state index < -0.39 is 15.2 Å². The van der Waals surface area contributed by atoms with Crippen molar-refractivity contribution < 1.29 is 13.2 Å². The molecule has 2 aliphatic rings. The highest BCUT2D eigenvalue weighted by Gasteiger charge is 2.34. The lowest BCUT2D eigenvalue weighted by Crippen LogP contribution is -2.52. The topological polar surface area (TPSA) is 69.7 Å². The van der Waals surface area contributed by atoms with E-state index in [1.165, 1.54) is 0 Å². The van der Waals surface area contributed by atoms with Gasteiger partial charge in [0.05, 0.1) is 6.54 Å². The maximum absolute atomic E-state index is 12.4. The maximum atomic E-state index is 12.4. The summed E-state index contributed by atoms with van der Waals surface area (Å²) in [5.74, 6) is 1.66. The lowest BCUT2D eigenvalue weighted by atomic mass is 10.3.